The fourth-order valence-electron chi connectivity index (χ4n) is 1.38. The van der Waals surface area contributed by atoms with Gasteiger partial charge < -0.3 is 10.3 Å². The lowest BCUT2D eigenvalue weighted by molar-refractivity contribution is 0.356. The molecule has 1 aliphatic carbocycles. The molecule has 72 valence electrons. The summed E-state index contributed by atoms with van der Waals surface area (Å²) in [6, 6.07) is 0. The van der Waals surface area contributed by atoms with Crippen LogP contribution in [-0.2, 0) is 0 Å². The predicted molar refractivity (Wildman–Crippen MR) is 48.3 cm³/mol. The highest BCUT2D eigenvalue weighted by molar-refractivity contribution is 5.08. The Balaban J connectivity index is 2.09. The largest absolute Gasteiger partial charge is 0.339 e. The van der Waals surface area contributed by atoms with Crippen LogP contribution in [0.1, 0.15) is 43.8 Å². The van der Waals surface area contributed by atoms with Gasteiger partial charge in [-0.3, -0.25) is 0 Å². The van der Waals surface area contributed by atoms with E-state index >= 15 is 0 Å². The molecule has 3 atom stereocenters. The molecule has 1 saturated carbocycles. The molecule has 2 rings (SSSR count). The average molecular weight is 181 g/mol. The number of hydrogen-bond acceptors (Lipinski definition) is 4. The minimum atomic E-state index is 0.176. The lowest BCUT2D eigenvalue weighted by Crippen LogP contribution is -2.09. The van der Waals surface area contributed by atoms with Crippen LogP contribution in [0.15, 0.2) is 4.52 Å². The van der Waals surface area contributed by atoms with Crippen molar-refractivity contribution in [1.82, 2.24) is 10.1 Å². The summed E-state index contributed by atoms with van der Waals surface area (Å²) in [5.41, 5.74) is 5.50. The molecule has 1 aliphatic rings. The van der Waals surface area contributed by atoms with Gasteiger partial charge in [0.15, 0.2) is 5.82 Å². The zero-order valence-corrected chi connectivity index (χ0v) is 8.03. The molecule has 0 amide bonds. The number of aromatic nitrogens is 2. The van der Waals surface area contributed by atoms with Crippen molar-refractivity contribution in [1.29, 1.82) is 0 Å². The van der Waals surface area contributed by atoms with E-state index in [1.165, 1.54) is 6.42 Å². The first-order valence-electron chi connectivity index (χ1n) is 4.76. The molecular weight excluding hydrogens is 166 g/mol. The van der Waals surface area contributed by atoms with E-state index in [4.69, 9.17) is 10.3 Å². The molecule has 1 fully saturated rings. The second kappa shape index (κ2) is 3.10. The Morgan fingerprint density at radius 1 is 1.69 bits per heavy atom. The van der Waals surface area contributed by atoms with Gasteiger partial charge >= 0.3 is 0 Å². The van der Waals surface area contributed by atoms with Gasteiger partial charge in [0, 0.05) is 18.4 Å². The quantitative estimate of drug-likeness (QED) is 0.762. The van der Waals surface area contributed by atoms with Crippen LogP contribution >= 0.6 is 0 Å². The number of hydrogen-bond donors (Lipinski definition) is 1. The first kappa shape index (κ1) is 8.69. The molecule has 0 saturated heterocycles. The Labute approximate surface area is 77.5 Å². The van der Waals surface area contributed by atoms with Gasteiger partial charge in [-0.05, 0) is 12.3 Å². The maximum absolute atomic E-state index is 5.50. The summed E-state index contributed by atoms with van der Waals surface area (Å²) in [7, 11) is 0. The van der Waals surface area contributed by atoms with Crippen LogP contribution in [-0.4, -0.2) is 16.7 Å². The van der Waals surface area contributed by atoms with E-state index in [0.717, 1.165) is 11.7 Å². The van der Waals surface area contributed by atoms with Gasteiger partial charge in [-0.1, -0.05) is 19.0 Å². The van der Waals surface area contributed by atoms with Gasteiger partial charge in [-0.2, -0.15) is 4.98 Å². The Morgan fingerprint density at radius 2 is 2.38 bits per heavy atom. The standard InChI is InChI=1S/C9H15N3O/c1-5-3-7(5)8-11-9(13-12-8)6(2)4-10/h5-7H,3-4,10H2,1-2H3. The Kier molecular flexibility index (Phi) is 2.07. The summed E-state index contributed by atoms with van der Waals surface area (Å²) in [6.45, 7) is 4.75. The Hall–Kier alpha value is -0.900. The van der Waals surface area contributed by atoms with Crippen molar-refractivity contribution in [3.8, 4) is 0 Å². The maximum Gasteiger partial charge on any atom is 0.230 e. The highest BCUT2D eigenvalue weighted by Gasteiger charge is 2.38. The lowest BCUT2D eigenvalue weighted by Gasteiger charge is -1.98. The second-order valence-corrected chi connectivity index (χ2v) is 3.95. The minimum Gasteiger partial charge on any atom is -0.339 e. The van der Waals surface area contributed by atoms with Crippen molar-refractivity contribution in [2.24, 2.45) is 11.7 Å². The maximum atomic E-state index is 5.50. The molecule has 1 aromatic heterocycles. The van der Waals surface area contributed by atoms with Crippen LogP contribution in [0.4, 0.5) is 0 Å². The second-order valence-electron chi connectivity index (χ2n) is 3.95. The molecule has 0 aromatic carbocycles. The highest BCUT2D eigenvalue weighted by Crippen LogP contribution is 2.45. The Bertz CT molecular complexity index is 278. The lowest BCUT2D eigenvalue weighted by atomic mass is 10.2. The third kappa shape index (κ3) is 1.58. The van der Waals surface area contributed by atoms with Crippen molar-refractivity contribution in [2.75, 3.05) is 6.54 Å². The molecular formula is C9H15N3O. The smallest absolute Gasteiger partial charge is 0.230 e. The first-order chi connectivity index (χ1) is 6.22. The van der Waals surface area contributed by atoms with Crippen LogP contribution in [0.25, 0.3) is 0 Å². The third-order valence-corrected chi connectivity index (χ3v) is 2.67. The van der Waals surface area contributed by atoms with E-state index < -0.39 is 0 Å². The molecule has 4 heteroatoms. The van der Waals surface area contributed by atoms with E-state index in [9.17, 15) is 0 Å². The topological polar surface area (TPSA) is 64.9 Å². The third-order valence-electron chi connectivity index (χ3n) is 2.67. The van der Waals surface area contributed by atoms with Crippen molar-refractivity contribution < 1.29 is 4.52 Å². The Morgan fingerprint density at radius 3 is 2.92 bits per heavy atom. The molecule has 3 unspecified atom stereocenters. The molecule has 1 heterocycles. The van der Waals surface area contributed by atoms with Gasteiger partial charge in [-0.25, -0.2) is 0 Å². The van der Waals surface area contributed by atoms with Gasteiger partial charge in [0.25, 0.3) is 0 Å². The molecule has 0 bridgehead atoms. The van der Waals surface area contributed by atoms with E-state index in [1.54, 1.807) is 0 Å². The molecule has 0 spiro atoms. The summed E-state index contributed by atoms with van der Waals surface area (Å²) < 4.78 is 5.13. The van der Waals surface area contributed by atoms with Crippen LogP contribution in [0.3, 0.4) is 0 Å². The van der Waals surface area contributed by atoms with Crippen LogP contribution in [0.5, 0.6) is 0 Å². The minimum absolute atomic E-state index is 0.176. The first-order valence-corrected chi connectivity index (χ1v) is 4.76. The summed E-state index contributed by atoms with van der Waals surface area (Å²) in [5.74, 6) is 2.97. The van der Waals surface area contributed by atoms with E-state index in [2.05, 4.69) is 17.1 Å². The van der Waals surface area contributed by atoms with E-state index in [1.807, 2.05) is 6.92 Å². The number of nitrogens with zero attached hydrogens (tertiary/aromatic N) is 2. The van der Waals surface area contributed by atoms with Gasteiger partial charge in [0.1, 0.15) is 0 Å². The van der Waals surface area contributed by atoms with Crippen molar-refractivity contribution in [3.05, 3.63) is 11.7 Å². The number of rotatable bonds is 3. The SMILES string of the molecule is CC(CN)c1nc(C2CC2C)no1. The van der Waals surface area contributed by atoms with Gasteiger partial charge in [0.05, 0.1) is 0 Å². The van der Waals surface area contributed by atoms with Crippen molar-refractivity contribution in [3.63, 3.8) is 0 Å². The molecule has 0 aliphatic heterocycles. The fourth-order valence-corrected chi connectivity index (χ4v) is 1.38. The number of nitrogens with two attached hydrogens (primary N) is 1. The molecule has 2 N–H and O–H groups in total. The molecule has 1 aromatic rings. The van der Waals surface area contributed by atoms with Crippen molar-refractivity contribution >= 4 is 0 Å². The highest BCUT2D eigenvalue weighted by atomic mass is 16.5. The molecule has 0 radical (unpaired) electrons. The fraction of sp³-hybridized carbons (Fsp3) is 0.778. The van der Waals surface area contributed by atoms with Gasteiger partial charge in [-0.15, -0.1) is 0 Å². The van der Waals surface area contributed by atoms with Crippen LogP contribution < -0.4 is 5.73 Å². The summed E-state index contributed by atoms with van der Waals surface area (Å²) >= 11 is 0. The predicted octanol–water partition coefficient (Wildman–Crippen LogP) is 1.26. The average Bonchev–Trinajstić information content (AvgIpc) is 2.70. The van der Waals surface area contributed by atoms with Crippen LogP contribution in [0.2, 0.25) is 0 Å². The van der Waals surface area contributed by atoms with Crippen LogP contribution in [0, 0.1) is 5.92 Å². The zero-order chi connectivity index (χ0) is 9.42. The summed E-state index contributed by atoms with van der Waals surface area (Å²) in [6.07, 6.45) is 1.19. The van der Waals surface area contributed by atoms with Gasteiger partial charge in [0.2, 0.25) is 5.89 Å². The van der Waals surface area contributed by atoms with Crippen molar-refractivity contribution in [2.45, 2.75) is 32.1 Å². The normalized spacial score (nSPS) is 28.8. The monoisotopic (exact) mass is 181 g/mol. The van der Waals surface area contributed by atoms with E-state index in [0.29, 0.717) is 18.4 Å². The summed E-state index contributed by atoms with van der Waals surface area (Å²) in [4.78, 5) is 4.34. The zero-order valence-electron chi connectivity index (χ0n) is 8.03. The van der Waals surface area contributed by atoms with E-state index in [-0.39, 0.29) is 5.92 Å². The molecule has 4 nitrogen and oxygen atoms in total. The summed E-state index contributed by atoms with van der Waals surface area (Å²) in [5, 5.41) is 3.96. The molecule has 13 heavy (non-hydrogen) atoms.